The van der Waals surface area contributed by atoms with Crippen molar-refractivity contribution in [3.63, 3.8) is 0 Å². The lowest BCUT2D eigenvalue weighted by molar-refractivity contribution is 0.0514. The van der Waals surface area contributed by atoms with Gasteiger partial charge in [-0.25, -0.2) is 0 Å². The summed E-state index contributed by atoms with van der Waals surface area (Å²) < 4.78 is 11.2. The van der Waals surface area contributed by atoms with E-state index >= 15 is 0 Å². The first-order valence-electron chi connectivity index (χ1n) is 10.5. The van der Waals surface area contributed by atoms with Gasteiger partial charge in [-0.3, -0.25) is 4.99 Å². The van der Waals surface area contributed by atoms with Crippen molar-refractivity contribution in [2.45, 2.75) is 40.0 Å². The summed E-state index contributed by atoms with van der Waals surface area (Å²) in [6.45, 7) is 11.3. The van der Waals surface area contributed by atoms with Gasteiger partial charge in [0.25, 0.3) is 0 Å². The Labute approximate surface area is 188 Å². The molecule has 31 heavy (non-hydrogen) atoms. The highest BCUT2D eigenvalue weighted by Crippen LogP contribution is 2.31. The molecule has 1 atom stereocenters. The van der Waals surface area contributed by atoms with E-state index in [2.05, 4.69) is 65.0 Å². The average molecular weight is 434 g/mol. The minimum Gasteiger partial charge on any atom is -0.467 e. The van der Waals surface area contributed by atoms with E-state index in [-0.39, 0.29) is 12.2 Å². The van der Waals surface area contributed by atoms with Crippen molar-refractivity contribution in [3.8, 4) is 5.75 Å². The zero-order valence-electron chi connectivity index (χ0n) is 19.3. The highest BCUT2D eigenvalue weighted by atomic mass is 31.1. The van der Waals surface area contributed by atoms with Crippen molar-refractivity contribution in [1.82, 2.24) is 0 Å². The molecule has 0 amide bonds. The second-order valence-corrected chi connectivity index (χ2v) is 10.0. The van der Waals surface area contributed by atoms with Gasteiger partial charge in [0.2, 0.25) is 0 Å². The molecule has 0 aliphatic heterocycles. The van der Waals surface area contributed by atoms with Crippen LogP contribution in [0.3, 0.4) is 0 Å². The molecule has 0 fully saturated rings. The van der Waals surface area contributed by atoms with Crippen molar-refractivity contribution >= 4 is 31.1 Å². The third-order valence-electron chi connectivity index (χ3n) is 5.14. The summed E-state index contributed by atoms with van der Waals surface area (Å²) in [5.74, 6) is 0.919. The summed E-state index contributed by atoms with van der Waals surface area (Å²) >= 11 is 0. The summed E-state index contributed by atoms with van der Waals surface area (Å²) in [6.07, 6.45) is 1.97. The zero-order chi connectivity index (χ0) is 22.4. The molecule has 1 unspecified atom stereocenters. The van der Waals surface area contributed by atoms with Gasteiger partial charge in [0.1, 0.15) is 5.75 Å². The van der Waals surface area contributed by atoms with E-state index in [1.807, 2.05) is 36.5 Å². The topological polar surface area (TPSA) is 30.8 Å². The minimum absolute atomic E-state index is 0.0626. The number of hydrogen-bond donors (Lipinski definition) is 0. The Kier molecular flexibility index (Phi) is 7.64. The normalized spacial score (nSPS) is 12.2. The lowest BCUT2D eigenvalue weighted by Gasteiger charge is -2.24. The Hall–Kier alpha value is -2.48. The zero-order valence-corrected chi connectivity index (χ0v) is 20.3. The second kappa shape index (κ2) is 10.2. The monoisotopic (exact) mass is 433 g/mol. The molecule has 162 valence electrons. The number of ether oxygens (including phenoxy) is 2. The fourth-order valence-corrected chi connectivity index (χ4v) is 4.82. The maximum absolute atomic E-state index is 6.02. The summed E-state index contributed by atoms with van der Waals surface area (Å²) in [4.78, 5) is 4.69. The quantitative estimate of drug-likeness (QED) is 0.261. The van der Waals surface area contributed by atoms with Crippen LogP contribution in [0.2, 0.25) is 0 Å². The van der Waals surface area contributed by atoms with Crippen LogP contribution in [0.4, 0.5) is 5.69 Å². The van der Waals surface area contributed by atoms with Crippen LogP contribution in [0.15, 0.2) is 65.7 Å². The highest BCUT2D eigenvalue weighted by molar-refractivity contribution is 7.56. The number of methoxy groups -OCH3 is 1. The van der Waals surface area contributed by atoms with Crippen molar-refractivity contribution in [2.24, 2.45) is 4.99 Å². The molecule has 0 N–H and O–H groups in total. The van der Waals surface area contributed by atoms with Crippen LogP contribution in [0.1, 0.15) is 43.0 Å². The highest BCUT2D eigenvalue weighted by Gasteiger charge is 2.19. The largest absolute Gasteiger partial charge is 0.467 e. The van der Waals surface area contributed by atoms with Crippen molar-refractivity contribution in [1.29, 1.82) is 0 Å². The molecule has 3 aromatic carbocycles. The molecule has 0 saturated carbocycles. The number of benzene rings is 3. The maximum Gasteiger partial charge on any atom is 0.188 e. The van der Waals surface area contributed by atoms with Gasteiger partial charge < -0.3 is 9.47 Å². The average Bonchev–Trinajstić information content (AvgIpc) is 2.73. The van der Waals surface area contributed by atoms with Crippen LogP contribution in [-0.4, -0.2) is 20.1 Å². The van der Waals surface area contributed by atoms with E-state index < -0.39 is 0 Å². The predicted octanol–water partition coefficient (Wildman–Crippen LogP) is 5.96. The van der Waals surface area contributed by atoms with E-state index in [4.69, 9.17) is 14.5 Å². The molecular formula is C27H32NO2P. The van der Waals surface area contributed by atoms with E-state index in [1.54, 1.807) is 7.11 Å². The SMILES string of the molecule is COCOc1c(C)cc(C(C)(C)C)cc1Pc1c(C)cccc1C=Nc1ccccc1. The summed E-state index contributed by atoms with van der Waals surface area (Å²) in [7, 11) is 2.11. The Morgan fingerprint density at radius 1 is 0.935 bits per heavy atom. The van der Waals surface area contributed by atoms with Crippen LogP contribution in [0.25, 0.3) is 0 Å². The fourth-order valence-electron chi connectivity index (χ4n) is 3.37. The van der Waals surface area contributed by atoms with Gasteiger partial charge in [0, 0.05) is 24.2 Å². The second-order valence-electron chi connectivity index (χ2n) is 8.73. The molecule has 3 aromatic rings. The first-order chi connectivity index (χ1) is 14.8. The maximum atomic E-state index is 6.02. The Morgan fingerprint density at radius 2 is 1.68 bits per heavy atom. The molecule has 0 spiro atoms. The summed E-state index contributed by atoms with van der Waals surface area (Å²) in [5.41, 5.74) is 5.86. The lowest BCUT2D eigenvalue weighted by Crippen LogP contribution is -2.19. The molecule has 0 bridgehead atoms. The predicted molar refractivity (Wildman–Crippen MR) is 135 cm³/mol. The molecule has 0 aliphatic rings. The van der Waals surface area contributed by atoms with Gasteiger partial charge in [0.15, 0.2) is 6.79 Å². The Bertz CT molecular complexity index is 1050. The number of rotatable bonds is 7. The van der Waals surface area contributed by atoms with E-state index in [0.29, 0.717) is 8.58 Å². The Balaban J connectivity index is 2.05. The smallest absolute Gasteiger partial charge is 0.188 e. The van der Waals surface area contributed by atoms with Crippen LogP contribution >= 0.6 is 8.58 Å². The van der Waals surface area contributed by atoms with Gasteiger partial charge in [-0.05, 0) is 59.5 Å². The molecular weight excluding hydrogens is 401 g/mol. The molecule has 0 radical (unpaired) electrons. The Morgan fingerprint density at radius 3 is 2.35 bits per heavy atom. The van der Waals surface area contributed by atoms with Gasteiger partial charge >= 0.3 is 0 Å². The van der Waals surface area contributed by atoms with Crippen LogP contribution in [-0.2, 0) is 10.2 Å². The number of nitrogens with zero attached hydrogens (tertiary/aromatic N) is 1. The van der Waals surface area contributed by atoms with Gasteiger partial charge in [-0.1, -0.05) is 71.8 Å². The number of para-hydroxylation sites is 1. The van der Waals surface area contributed by atoms with Crippen LogP contribution in [0, 0.1) is 13.8 Å². The third-order valence-corrected chi connectivity index (χ3v) is 6.71. The number of aryl methyl sites for hydroxylation is 2. The van der Waals surface area contributed by atoms with Crippen LogP contribution < -0.4 is 15.3 Å². The summed E-state index contributed by atoms with van der Waals surface area (Å²) in [6, 6.07) is 21.0. The van der Waals surface area contributed by atoms with Gasteiger partial charge in [0.05, 0.1) is 5.69 Å². The van der Waals surface area contributed by atoms with Gasteiger partial charge in [-0.15, -0.1) is 0 Å². The van der Waals surface area contributed by atoms with Crippen molar-refractivity contribution < 1.29 is 9.47 Å². The van der Waals surface area contributed by atoms with Crippen molar-refractivity contribution in [2.75, 3.05) is 13.9 Å². The van der Waals surface area contributed by atoms with E-state index in [0.717, 1.165) is 22.6 Å². The van der Waals surface area contributed by atoms with Gasteiger partial charge in [-0.2, -0.15) is 0 Å². The van der Waals surface area contributed by atoms with Crippen LogP contribution in [0.5, 0.6) is 5.75 Å². The summed E-state index contributed by atoms with van der Waals surface area (Å²) in [5, 5.41) is 2.49. The first kappa shape index (κ1) is 23.2. The number of hydrogen-bond acceptors (Lipinski definition) is 3. The standard InChI is InChI=1S/C27H32NO2P/c1-19-11-10-12-21(17-28-23-13-8-7-9-14-23)26(19)31-24-16-22(27(3,4)5)15-20(2)25(24)30-18-29-6/h7-17,31H,18H2,1-6H3. The van der Waals surface area contributed by atoms with Crippen molar-refractivity contribution in [3.05, 3.63) is 82.9 Å². The molecule has 4 heteroatoms. The minimum atomic E-state index is 0.0626. The third kappa shape index (κ3) is 6.03. The van der Waals surface area contributed by atoms with E-state index in [1.165, 1.54) is 21.7 Å². The number of aliphatic imine (C=N–C) groups is 1. The first-order valence-corrected chi connectivity index (χ1v) is 11.5. The fraction of sp³-hybridized carbons (Fsp3) is 0.296. The molecule has 0 aliphatic carbocycles. The molecule has 0 saturated heterocycles. The molecule has 3 rings (SSSR count). The molecule has 0 aromatic heterocycles. The molecule has 3 nitrogen and oxygen atoms in total. The lowest BCUT2D eigenvalue weighted by atomic mass is 9.86. The van der Waals surface area contributed by atoms with E-state index in [9.17, 15) is 0 Å². The molecule has 0 heterocycles.